The number of imide groups is 1. The fourth-order valence-electron chi connectivity index (χ4n) is 5.35. The van der Waals surface area contributed by atoms with E-state index in [1.54, 1.807) is 24.3 Å². The second kappa shape index (κ2) is 7.85. The first kappa shape index (κ1) is 20.6. The van der Waals surface area contributed by atoms with Crippen LogP contribution in [0.15, 0.2) is 24.3 Å². The molecule has 0 unspecified atom stereocenters. The summed E-state index contributed by atoms with van der Waals surface area (Å²) in [5, 5.41) is 2.99. The van der Waals surface area contributed by atoms with Gasteiger partial charge in [0.1, 0.15) is 6.04 Å². The van der Waals surface area contributed by atoms with E-state index in [4.69, 9.17) is 4.74 Å². The summed E-state index contributed by atoms with van der Waals surface area (Å²) in [5.74, 6) is -0.239. The second-order valence-corrected chi connectivity index (χ2v) is 8.92. The van der Waals surface area contributed by atoms with Gasteiger partial charge in [-0.3, -0.25) is 19.3 Å². The zero-order chi connectivity index (χ0) is 21.6. The molecule has 1 heterocycles. The molecule has 0 aromatic heterocycles. The van der Waals surface area contributed by atoms with Crippen LogP contribution >= 0.6 is 0 Å². The number of nitrogens with one attached hydrogen (secondary N) is 1. The lowest BCUT2D eigenvalue weighted by molar-refractivity contribution is -0.158. The summed E-state index contributed by atoms with van der Waals surface area (Å²) < 4.78 is 5.31. The minimum atomic E-state index is -1.12. The molecule has 160 valence electrons. The maximum absolute atomic E-state index is 12.6. The number of carbonyl (C=O) groups is 4. The molecule has 2 aliphatic carbocycles. The number of hydrogen-bond donors (Lipinski definition) is 1. The smallest absolute Gasteiger partial charge is 0.329 e. The molecule has 7 heteroatoms. The van der Waals surface area contributed by atoms with Crippen molar-refractivity contribution in [2.45, 2.75) is 64.6 Å². The summed E-state index contributed by atoms with van der Waals surface area (Å²) in [7, 11) is 0. The molecule has 2 bridgehead atoms. The third-order valence-corrected chi connectivity index (χ3v) is 7.02. The molecule has 0 radical (unpaired) electrons. The van der Waals surface area contributed by atoms with Gasteiger partial charge in [0.25, 0.3) is 17.7 Å². The quantitative estimate of drug-likeness (QED) is 0.573. The van der Waals surface area contributed by atoms with Crippen molar-refractivity contribution in [3.63, 3.8) is 0 Å². The third-order valence-electron chi connectivity index (χ3n) is 7.02. The molecule has 1 aromatic rings. The van der Waals surface area contributed by atoms with Gasteiger partial charge in [0.15, 0.2) is 6.10 Å². The third kappa shape index (κ3) is 3.50. The highest BCUT2D eigenvalue weighted by molar-refractivity contribution is 6.22. The molecule has 3 amide bonds. The average Bonchev–Trinajstić information content (AvgIpc) is 3.42. The molecule has 2 fully saturated rings. The Kier molecular flexibility index (Phi) is 5.38. The average molecular weight is 412 g/mol. The number of carbonyl (C=O) groups excluding carboxylic acids is 4. The largest absolute Gasteiger partial charge is 0.451 e. The van der Waals surface area contributed by atoms with Gasteiger partial charge in [0, 0.05) is 6.04 Å². The van der Waals surface area contributed by atoms with Crippen LogP contribution in [0.25, 0.3) is 0 Å². The number of nitrogens with zero attached hydrogens (tertiary/aromatic N) is 1. The molecular formula is C23H28N2O5. The Labute approximate surface area is 176 Å². The lowest BCUT2D eigenvalue weighted by Gasteiger charge is -2.29. The van der Waals surface area contributed by atoms with Crippen LogP contribution in [0.4, 0.5) is 0 Å². The fraction of sp³-hybridized carbons (Fsp3) is 0.565. The van der Waals surface area contributed by atoms with E-state index in [1.807, 2.05) is 6.92 Å². The fourth-order valence-corrected chi connectivity index (χ4v) is 5.35. The summed E-state index contributed by atoms with van der Waals surface area (Å²) in [6, 6.07) is 5.36. The Balaban J connectivity index is 1.33. The van der Waals surface area contributed by atoms with E-state index in [2.05, 4.69) is 5.32 Å². The molecule has 4 rings (SSSR count). The van der Waals surface area contributed by atoms with E-state index in [-0.39, 0.29) is 23.1 Å². The predicted octanol–water partition coefficient (Wildman–Crippen LogP) is 2.54. The van der Waals surface area contributed by atoms with E-state index in [1.165, 1.54) is 33.1 Å². The van der Waals surface area contributed by atoms with Crippen molar-refractivity contribution in [3.05, 3.63) is 35.4 Å². The zero-order valence-corrected chi connectivity index (χ0v) is 17.6. The van der Waals surface area contributed by atoms with Crippen molar-refractivity contribution in [2.24, 2.45) is 17.8 Å². The molecule has 0 spiro atoms. The Morgan fingerprint density at radius 3 is 2.20 bits per heavy atom. The van der Waals surface area contributed by atoms with Crippen molar-refractivity contribution < 1.29 is 23.9 Å². The van der Waals surface area contributed by atoms with Gasteiger partial charge in [-0.05, 0) is 69.9 Å². The molecule has 1 aliphatic heterocycles. The van der Waals surface area contributed by atoms with E-state index in [0.29, 0.717) is 11.8 Å². The molecule has 6 atom stereocenters. The monoisotopic (exact) mass is 412 g/mol. The molecule has 2 saturated carbocycles. The summed E-state index contributed by atoms with van der Waals surface area (Å²) in [5.41, 5.74) is 0.542. The van der Waals surface area contributed by atoms with Crippen LogP contribution in [0.5, 0.6) is 0 Å². The van der Waals surface area contributed by atoms with Gasteiger partial charge >= 0.3 is 5.97 Å². The number of ether oxygens (including phenoxy) is 1. The lowest BCUT2D eigenvalue weighted by Crippen LogP contribution is -2.48. The van der Waals surface area contributed by atoms with Gasteiger partial charge in [-0.1, -0.05) is 18.6 Å². The molecule has 0 saturated heterocycles. The van der Waals surface area contributed by atoms with E-state index >= 15 is 0 Å². The lowest BCUT2D eigenvalue weighted by atomic mass is 9.84. The van der Waals surface area contributed by atoms with Crippen LogP contribution < -0.4 is 5.32 Å². The van der Waals surface area contributed by atoms with Gasteiger partial charge in [-0.15, -0.1) is 0 Å². The first-order chi connectivity index (χ1) is 14.3. The van der Waals surface area contributed by atoms with Gasteiger partial charge in [-0.25, -0.2) is 4.79 Å². The summed E-state index contributed by atoms with van der Waals surface area (Å²) >= 11 is 0. The number of amides is 3. The van der Waals surface area contributed by atoms with E-state index in [0.717, 1.165) is 17.2 Å². The van der Waals surface area contributed by atoms with Crippen LogP contribution in [0.1, 0.15) is 67.2 Å². The first-order valence-corrected chi connectivity index (χ1v) is 10.8. The molecule has 7 nitrogen and oxygen atoms in total. The molecule has 1 N–H and O–H groups in total. The van der Waals surface area contributed by atoms with Crippen LogP contribution in [-0.4, -0.2) is 46.8 Å². The summed E-state index contributed by atoms with van der Waals surface area (Å²) in [6.45, 7) is 4.96. The van der Waals surface area contributed by atoms with Gasteiger partial charge < -0.3 is 10.1 Å². The van der Waals surface area contributed by atoms with Gasteiger partial charge in [-0.2, -0.15) is 0 Å². The number of hydrogen-bond acceptors (Lipinski definition) is 5. The highest BCUT2D eigenvalue weighted by Crippen LogP contribution is 2.49. The zero-order valence-electron chi connectivity index (χ0n) is 17.6. The Bertz CT molecular complexity index is 862. The highest BCUT2D eigenvalue weighted by Gasteiger charge is 2.43. The molecule has 3 aliphatic rings. The molecule has 30 heavy (non-hydrogen) atoms. The van der Waals surface area contributed by atoms with Gasteiger partial charge in [0.2, 0.25) is 0 Å². The Morgan fingerprint density at radius 1 is 1.03 bits per heavy atom. The minimum Gasteiger partial charge on any atom is -0.451 e. The normalized spacial score (nSPS) is 27.6. The van der Waals surface area contributed by atoms with Gasteiger partial charge in [0.05, 0.1) is 11.1 Å². The molecule has 1 aromatic carbocycles. The topological polar surface area (TPSA) is 92.8 Å². The van der Waals surface area contributed by atoms with Crippen molar-refractivity contribution in [3.8, 4) is 0 Å². The van der Waals surface area contributed by atoms with Crippen LogP contribution in [-0.2, 0) is 14.3 Å². The summed E-state index contributed by atoms with van der Waals surface area (Å²) in [4.78, 5) is 51.1. The first-order valence-electron chi connectivity index (χ1n) is 10.8. The van der Waals surface area contributed by atoms with Crippen molar-refractivity contribution >= 4 is 23.7 Å². The highest BCUT2D eigenvalue weighted by atomic mass is 16.5. The van der Waals surface area contributed by atoms with Crippen molar-refractivity contribution in [1.82, 2.24) is 10.2 Å². The maximum atomic E-state index is 12.6. The predicted molar refractivity (Wildman–Crippen MR) is 109 cm³/mol. The minimum absolute atomic E-state index is 0.0302. The van der Waals surface area contributed by atoms with E-state index < -0.39 is 29.9 Å². The number of esters is 1. The SMILES string of the molecule is C[C@H](NC(=O)[C@@H](C)OC(=O)[C@@H](C)N1C(=O)c2ccccc2C1=O)[C@@H]1C[C@@H]2CC[C@@H]1C2. The van der Waals surface area contributed by atoms with Crippen LogP contribution in [0, 0.1) is 17.8 Å². The number of rotatable bonds is 6. The Hall–Kier alpha value is -2.70. The molecular weight excluding hydrogens is 384 g/mol. The summed E-state index contributed by atoms with van der Waals surface area (Å²) in [6.07, 6.45) is 3.93. The van der Waals surface area contributed by atoms with Crippen LogP contribution in [0.2, 0.25) is 0 Å². The number of benzene rings is 1. The second-order valence-electron chi connectivity index (χ2n) is 8.92. The van der Waals surface area contributed by atoms with Crippen LogP contribution in [0.3, 0.4) is 0 Å². The van der Waals surface area contributed by atoms with E-state index in [9.17, 15) is 19.2 Å². The number of fused-ring (bicyclic) bond motifs is 3. The Morgan fingerprint density at radius 2 is 1.67 bits per heavy atom. The van der Waals surface area contributed by atoms with Crippen molar-refractivity contribution in [2.75, 3.05) is 0 Å². The van der Waals surface area contributed by atoms with Crippen molar-refractivity contribution in [1.29, 1.82) is 0 Å². The standard InChI is InChI=1S/C23H28N2O5/c1-12(19-11-15-8-9-16(19)10-15)24-20(26)14(3)30-23(29)13(2)25-21(27)17-6-4-5-7-18(17)22(25)28/h4-7,12-16,19H,8-11H2,1-3H3,(H,24,26)/t12-,13+,14+,15+,16+,19-/m0/s1. The maximum Gasteiger partial charge on any atom is 0.329 e.